The van der Waals surface area contributed by atoms with Crippen LogP contribution in [0.25, 0.3) is 10.9 Å². The first-order valence-corrected chi connectivity index (χ1v) is 9.75. The van der Waals surface area contributed by atoms with Crippen LogP contribution in [0, 0.1) is 0 Å². The summed E-state index contributed by atoms with van der Waals surface area (Å²) < 4.78 is 7.30. The fourth-order valence-electron chi connectivity index (χ4n) is 3.00. The molecule has 0 radical (unpaired) electrons. The van der Waals surface area contributed by atoms with Gasteiger partial charge in [0.2, 0.25) is 5.91 Å². The number of aromatic nitrogens is 2. The minimum atomic E-state index is -0.245. The Morgan fingerprint density at radius 2 is 1.67 bits per heavy atom. The lowest BCUT2D eigenvalue weighted by atomic mass is 10.2. The predicted octanol–water partition coefficient (Wildman–Crippen LogP) is 4.87. The molecule has 0 spiro atoms. The van der Waals surface area contributed by atoms with Gasteiger partial charge in [-0.2, -0.15) is 0 Å². The maximum Gasteiger partial charge on any atom is 0.261 e. The maximum absolute atomic E-state index is 12.5. The van der Waals surface area contributed by atoms with Crippen molar-refractivity contribution >= 4 is 34.1 Å². The standard InChI is InChI=1S/C23H18ClN3O3/c24-17-8-2-5-11-20(17)30-21-12-6-4-10-19(21)26-22(28)13-14-27-15-25-18-9-3-1-7-16(18)23(27)29/h1-12,15H,13-14H2,(H,26,28). The molecule has 1 amide bonds. The van der Waals surface area contributed by atoms with Crippen molar-refractivity contribution < 1.29 is 9.53 Å². The van der Waals surface area contributed by atoms with Crippen LogP contribution in [-0.2, 0) is 11.3 Å². The Morgan fingerprint density at radius 3 is 2.50 bits per heavy atom. The maximum atomic E-state index is 12.5. The Morgan fingerprint density at radius 1 is 0.967 bits per heavy atom. The number of fused-ring (bicyclic) bond motifs is 1. The highest BCUT2D eigenvalue weighted by atomic mass is 35.5. The molecule has 4 rings (SSSR count). The molecule has 7 heteroatoms. The van der Waals surface area contributed by atoms with E-state index in [1.54, 1.807) is 48.5 Å². The Labute approximate surface area is 177 Å². The number of halogens is 1. The van der Waals surface area contributed by atoms with Gasteiger partial charge in [-0.3, -0.25) is 14.2 Å². The monoisotopic (exact) mass is 419 g/mol. The number of carbonyl (C=O) groups is 1. The molecule has 0 aliphatic rings. The smallest absolute Gasteiger partial charge is 0.261 e. The summed E-state index contributed by atoms with van der Waals surface area (Å²) in [6.45, 7) is 0.218. The molecule has 1 aromatic heterocycles. The van der Waals surface area contributed by atoms with Crippen molar-refractivity contribution in [2.24, 2.45) is 0 Å². The molecule has 0 bridgehead atoms. The van der Waals surface area contributed by atoms with Crippen molar-refractivity contribution in [3.63, 3.8) is 0 Å². The van der Waals surface area contributed by atoms with E-state index in [4.69, 9.17) is 16.3 Å². The van der Waals surface area contributed by atoms with Gasteiger partial charge in [0.15, 0.2) is 5.75 Å². The number of para-hydroxylation sites is 4. The van der Waals surface area contributed by atoms with E-state index in [-0.39, 0.29) is 24.4 Å². The number of hydrogen-bond acceptors (Lipinski definition) is 4. The number of hydrogen-bond donors (Lipinski definition) is 1. The summed E-state index contributed by atoms with van der Waals surface area (Å²) in [4.78, 5) is 29.3. The first-order valence-electron chi connectivity index (χ1n) is 9.37. The average Bonchev–Trinajstić information content (AvgIpc) is 2.76. The molecule has 0 aliphatic carbocycles. The molecule has 0 fully saturated rings. The van der Waals surface area contributed by atoms with Crippen molar-refractivity contribution in [1.29, 1.82) is 0 Å². The lowest BCUT2D eigenvalue weighted by molar-refractivity contribution is -0.116. The molecule has 1 N–H and O–H groups in total. The van der Waals surface area contributed by atoms with Crippen LogP contribution in [0.15, 0.2) is 83.9 Å². The highest BCUT2D eigenvalue weighted by molar-refractivity contribution is 6.32. The minimum absolute atomic E-state index is 0.111. The number of anilines is 1. The summed E-state index contributed by atoms with van der Waals surface area (Å²) in [7, 11) is 0. The zero-order valence-electron chi connectivity index (χ0n) is 15.9. The topological polar surface area (TPSA) is 73.2 Å². The molecule has 0 aliphatic heterocycles. The number of amides is 1. The van der Waals surface area contributed by atoms with E-state index in [0.29, 0.717) is 33.1 Å². The number of benzene rings is 3. The van der Waals surface area contributed by atoms with Crippen molar-refractivity contribution in [3.8, 4) is 11.5 Å². The lowest BCUT2D eigenvalue weighted by Gasteiger charge is -2.13. The Balaban J connectivity index is 1.46. The number of rotatable bonds is 6. The number of nitrogens with zero attached hydrogens (tertiary/aromatic N) is 2. The third-order valence-electron chi connectivity index (χ3n) is 4.53. The molecule has 0 saturated heterocycles. The van der Waals surface area contributed by atoms with Gasteiger partial charge in [0.05, 0.1) is 27.9 Å². The van der Waals surface area contributed by atoms with E-state index >= 15 is 0 Å². The largest absolute Gasteiger partial charge is 0.454 e. The van der Waals surface area contributed by atoms with Gasteiger partial charge in [-0.15, -0.1) is 0 Å². The Kier molecular flexibility index (Phi) is 5.77. The molecular weight excluding hydrogens is 402 g/mol. The third kappa shape index (κ3) is 4.34. The minimum Gasteiger partial charge on any atom is -0.454 e. The summed E-state index contributed by atoms with van der Waals surface area (Å²) in [5.41, 5.74) is 0.983. The molecule has 1 heterocycles. The summed E-state index contributed by atoms with van der Waals surface area (Å²) in [6.07, 6.45) is 1.58. The average molecular weight is 420 g/mol. The summed E-state index contributed by atoms with van der Waals surface area (Å²) in [6, 6.07) is 21.3. The molecule has 0 saturated carbocycles. The third-order valence-corrected chi connectivity index (χ3v) is 4.84. The fourth-order valence-corrected chi connectivity index (χ4v) is 3.18. The number of ether oxygens (including phenoxy) is 1. The molecule has 0 unspecified atom stereocenters. The summed E-state index contributed by atoms with van der Waals surface area (Å²) >= 11 is 6.16. The zero-order chi connectivity index (χ0) is 20.9. The first kappa shape index (κ1) is 19.7. The van der Waals surface area contributed by atoms with Crippen molar-refractivity contribution in [3.05, 3.63) is 94.5 Å². The van der Waals surface area contributed by atoms with Crippen molar-refractivity contribution in [2.75, 3.05) is 5.32 Å². The van der Waals surface area contributed by atoms with Gasteiger partial charge in [-0.25, -0.2) is 4.98 Å². The summed E-state index contributed by atoms with van der Waals surface area (Å²) in [5.74, 6) is 0.725. The Hall–Kier alpha value is -3.64. The van der Waals surface area contributed by atoms with E-state index in [1.807, 2.05) is 24.3 Å². The quantitative estimate of drug-likeness (QED) is 0.484. The van der Waals surface area contributed by atoms with Gasteiger partial charge >= 0.3 is 0 Å². The van der Waals surface area contributed by atoms with Crippen molar-refractivity contribution in [1.82, 2.24) is 9.55 Å². The molecule has 6 nitrogen and oxygen atoms in total. The van der Waals surface area contributed by atoms with Crippen LogP contribution >= 0.6 is 11.6 Å². The SMILES string of the molecule is O=C(CCn1cnc2ccccc2c1=O)Nc1ccccc1Oc1ccccc1Cl. The molecular formula is C23H18ClN3O3. The second-order valence-electron chi connectivity index (χ2n) is 6.59. The van der Waals surface area contributed by atoms with E-state index in [1.165, 1.54) is 10.9 Å². The van der Waals surface area contributed by atoms with Gasteiger partial charge in [0.25, 0.3) is 5.56 Å². The van der Waals surface area contributed by atoms with Crippen LogP contribution in [0.5, 0.6) is 11.5 Å². The van der Waals surface area contributed by atoms with Crippen LogP contribution in [0.3, 0.4) is 0 Å². The van der Waals surface area contributed by atoms with Crippen LogP contribution < -0.4 is 15.6 Å². The van der Waals surface area contributed by atoms with Gasteiger partial charge < -0.3 is 10.1 Å². The number of nitrogens with one attached hydrogen (secondary N) is 1. The second-order valence-corrected chi connectivity index (χ2v) is 6.99. The van der Waals surface area contributed by atoms with E-state index in [0.717, 1.165) is 0 Å². The van der Waals surface area contributed by atoms with Crippen LogP contribution in [-0.4, -0.2) is 15.5 Å². The van der Waals surface area contributed by atoms with Gasteiger partial charge in [-0.1, -0.05) is 48.0 Å². The Bertz CT molecular complexity index is 1270. The molecule has 30 heavy (non-hydrogen) atoms. The predicted molar refractivity (Wildman–Crippen MR) is 117 cm³/mol. The zero-order valence-corrected chi connectivity index (χ0v) is 16.7. The molecule has 150 valence electrons. The summed E-state index contributed by atoms with van der Waals surface area (Å²) in [5, 5.41) is 3.83. The van der Waals surface area contributed by atoms with Gasteiger partial charge in [0, 0.05) is 13.0 Å². The van der Waals surface area contributed by atoms with E-state index in [9.17, 15) is 9.59 Å². The van der Waals surface area contributed by atoms with Gasteiger partial charge in [-0.05, 0) is 36.4 Å². The van der Waals surface area contributed by atoms with Crippen LogP contribution in [0.4, 0.5) is 5.69 Å². The van der Waals surface area contributed by atoms with Crippen molar-refractivity contribution in [2.45, 2.75) is 13.0 Å². The molecule has 0 atom stereocenters. The van der Waals surface area contributed by atoms with Crippen LogP contribution in [0.1, 0.15) is 6.42 Å². The van der Waals surface area contributed by atoms with E-state index in [2.05, 4.69) is 10.3 Å². The fraction of sp³-hybridized carbons (Fsp3) is 0.0870. The number of carbonyl (C=O) groups excluding carboxylic acids is 1. The molecule has 4 aromatic rings. The normalized spacial score (nSPS) is 10.7. The molecule has 3 aromatic carbocycles. The highest BCUT2D eigenvalue weighted by Gasteiger charge is 2.11. The van der Waals surface area contributed by atoms with Crippen LogP contribution in [0.2, 0.25) is 5.02 Å². The lowest BCUT2D eigenvalue weighted by Crippen LogP contribution is -2.23. The highest BCUT2D eigenvalue weighted by Crippen LogP contribution is 2.33. The van der Waals surface area contributed by atoms with E-state index < -0.39 is 0 Å². The van der Waals surface area contributed by atoms with Gasteiger partial charge in [0.1, 0.15) is 5.75 Å². The number of aryl methyl sites for hydroxylation is 1. The second kappa shape index (κ2) is 8.80. The first-order chi connectivity index (χ1) is 14.6.